The normalized spacial score (nSPS) is 18.1. The highest BCUT2D eigenvalue weighted by atomic mass is 32.1. The van der Waals surface area contributed by atoms with Gasteiger partial charge in [-0.1, -0.05) is 0 Å². The first-order chi connectivity index (χ1) is 11.0. The molecule has 2 aromatic rings. The quantitative estimate of drug-likeness (QED) is 0.890. The topological polar surface area (TPSA) is 99.2 Å². The van der Waals surface area contributed by atoms with Gasteiger partial charge in [-0.25, -0.2) is 9.78 Å². The van der Waals surface area contributed by atoms with Gasteiger partial charge in [0, 0.05) is 36.7 Å². The van der Waals surface area contributed by atoms with Crippen LogP contribution in [0.15, 0.2) is 11.4 Å². The number of carboxylic acids is 1. The van der Waals surface area contributed by atoms with Gasteiger partial charge in [0.05, 0.1) is 5.01 Å². The Labute approximate surface area is 137 Å². The molecule has 7 nitrogen and oxygen atoms in total. The van der Waals surface area contributed by atoms with E-state index in [9.17, 15) is 9.59 Å². The number of aryl methyl sites for hydroxylation is 1. The molecule has 0 aromatic carbocycles. The van der Waals surface area contributed by atoms with Crippen LogP contribution in [0.4, 0.5) is 0 Å². The highest BCUT2D eigenvalue weighted by Gasteiger charge is 2.27. The van der Waals surface area contributed by atoms with Crippen molar-refractivity contribution in [2.75, 3.05) is 13.1 Å². The van der Waals surface area contributed by atoms with Gasteiger partial charge in [0.15, 0.2) is 5.69 Å². The summed E-state index contributed by atoms with van der Waals surface area (Å²) in [5.41, 5.74) is 1.12. The summed E-state index contributed by atoms with van der Waals surface area (Å²) in [6, 6.07) is 1.29. The maximum atomic E-state index is 12.5. The fourth-order valence-electron chi connectivity index (χ4n) is 2.86. The van der Waals surface area contributed by atoms with E-state index in [1.54, 1.807) is 16.2 Å². The fourth-order valence-corrected chi connectivity index (χ4v) is 3.75. The molecule has 0 spiro atoms. The molecule has 2 N–H and O–H groups in total. The van der Waals surface area contributed by atoms with E-state index in [4.69, 9.17) is 5.11 Å². The third-order valence-corrected chi connectivity index (χ3v) is 4.95. The van der Waals surface area contributed by atoms with Crippen molar-refractivity contribution in [3.05, 3.63) is 33.5 Å². The van der Waals surface area contributed by atoms with Gasteiger partial charge in [-0.3, -0.25) is 9.89 Å². The lowest BCUT2D eigenvalue weighted by molar-refractivity contribution is 0.0666. The second-order valence-electron chi connectivity index (χ2n) is 5.82. The first kappa shape index (κ1) is 15.7. The first-order valence-electron chi connectivity index (χ1n) is 7.52. The van der Waals surface area contributed by atoms with Crippen molar-refractivity contribution >= 4 is 23.2 Å². The number of aromatic carboxylic acids is 1. The molecule has 1 aliphatic heterocycles. The van der Waals surface area contributed by atoms with Crippen LogP contribution in [0.1, 0.15) is 44.5 Å². The maximum Gasteiger partial charge on any atom is 0.353 e. The first-order valence-corrected chi connectivity index (χ1v) is 8.40. The number of H-pyrrole nitrogens is 1. The van der Waals surface area contributed by atoms with Crippen molar-refractivity contribution in [3.8, 4) is 0 Å². The van der Waals surface area contributed by atoms with Crippen molar-refractivity contribution in [2.45, 2.75) is 26.2 Å². The monoisotopic (exact) mass is 334 g/mol. The Bertz CT molecular complexity index is 724. The highest BCUT2D eigenvalue weighted by Crippen LogP contribution is 2.23. The van der Waals surface area contributed by atoms with Crippen molar-refractivity contribution in [2.24, 2.45) is 5.92 Å². The van der Waals surface area contributed by atoms with Crippen LogP contribution in [-0.4, -0.2) is 50.2 Å². The van der Waals surface area contributed by atoms with E-state index in [1.807, 2.05) is 12.3 Å². The van der Waals surface area contributed by atoms with Crippen molar-refractivity contribution in [1.29, 1.82) is 0 Å². The lowest BCUT2D eigenvalue weighted by Gasteiger charge is -2.32. The number of carboxylic acid groups (broad SMARTS) is 1. The van der Waals surface area contributed by atoms with E-state index in [-0.39, 0.29) is 17.3 Å². The summed E-state index contributed by atoms with van der Waals surface area (Å²) in [5.74, 6) is -0.947. The van der Waals surface area contributed by atoms with E-state index < -0.39 is 5.97 Å². The molecule has 3 rings (SSSR count). The molecule has 0 radical (unpaired) electrons. The molecule has 1 amide bonds. The fraction of sp³-hybridized carbons (Fsp3) is 0.467. The molecule has 1 fully saturated rings. The summed E-state index contributed by atoms with van der Waals surface area (Å²) < 4.78 is 0. The van der Waals surface area contributed by atoms with E-state index >= 15 is 0 Å². The van der Waals surface area contributed by atoms with E-state index in [0.717, 1.165) is 30.0 Å². The van der Waals surface area contributed by atoms with Gasteiger partial charge in [0.2, 0.25) is 0 Å². The number of hydrogen-bond acceptors (Lipinski definition) is 5. The van der Waals surface area contributed by atoms with E-state index in [0.29, 0.717) is 19.0 Å². The molecule has 2 aromatic heterocycles. The molecule has 0 aliphatic carbocycles. The number of aromatic amines is 1. The van der Waals surface area contributed by atoms with E-state index in [1.165, 1.54) is 6.07 Å². The zero-order valence-corrected chi connectivity index (χ0v) is 13.6. The number of nitrogens with zero attached hydrogens (tertiary/aromatic N) is 3. The van der Waals surface area contributed by atoms with Gasteiger partial charge in [-0.2, -0.15) is 5.10 Å². The number of nitrogens with one attached hydrogen (secondary N) is 1. The molecule has 1 saturated heterocycles. The van der Waals surface area contributed by atoms with Gasteiger partial charge in [-0.05, 0) is 25.7 Å². The van der Waals surface area contributed by atoms with Gasteiger partial charge in [0.1, 0.15) is 5.69 Å². The minimum Gasteiger partial charge on any atom is -0.477 e. The minimum atomic E-state index is -1.12. The standard InChI is InChI=1S/C15H18N4O3S/c1-9-8-23-13(16-9)5-10-3-2-4-19(7-10)14(20)11-6-12(15(21)22)18-17-11/h6,8,10H,2-5,7H2,1H3,(H,17,18)(H,21,22). The Morgan fingerprint density at radius 2 is 2.35 bits per heavy atom. The van der Waals surface area contributed by atoms with Crippen LogP contribution in [0.25, 0.3) is 0 Å². The van der Waals surface area contributed by atoms with Gasteiger partial charge < -0.3 is 10.0 Å². The summed E-state index contributed by atoms with van der Waals surface area (Å²) in [7, 11) is 0. The number of rotatable bonds is 4. The van der Waals surface area contributed by atoms with Crippen LogP contribution < -0.4 is 0 Å². The number of carbonyl (C=O) groups is 2. The molecule has 1 atom stereocenters. The molecule has 8 heteroatoms. The van der Waals surface area contributed by atoms with Gasteiger partial charge >= 0.3 is 5.97 Å². The van der Waals surface area contributed by atoms with Crippen molar-refractivity contribution < 1.29 is 14.7 Å². The molecule has 3 heterocycles. The van der Waals surface area contributed by atoms with Gasteiger partial charge in [-0.15, -0.1) is 11.3 Å². The summed E-state index contributed by atoms with van der Waals surface area (Å²) in [6.45, 7) is 3.32. The van der Waals surface area contributed by atoms with Crippen LogP contribution in [0.5, 0.6) is 0 Å². The second-order valence-corrected chi connectivity index (χ2v) is 6.76. The third-order valence-electron chi connectivity index (χ3n) is 3.96. The third kappa shape index (κ3) is 3.58. The number of carbonyl (C=O) groups excluding carboxylic acids is 1. The smallest absolute Gasteiger partial charge is 0.353 e. The molecule has 1 unspecified atom stereocenters. The van der Waals surface area contributed by atoms with Crippen LogP contribution in [0, 0.1) is 12.8 Å². The van der Waals surface area contributed by atoms with Gasteiger partial charge in [0.25, 0.3) is 5.91 Å². The number of amides is 1. The minimum absolute atomic E-state index is 0.0693. The predicted molar refractivity (Wildman–Crippen MR) is 84.7 cm³/mol. The Hall–Kier alpha value is -2.22. The molecule has 0 bridgehead atoms. The number of piperidine rings is 1. The largest absolute Gasteiger partial charge is 0.477 e. The molecule has 23 heavy (non-hydrogen) atoms. The second kappa shape index (κ2) is 6.49. The summed E-state index contributed by atoms with van der Waals surface area (Å²) in [4.78, 5) is 29.6. The van der Waals surface area contributed by atoms with Crippen LogP contribution in [-0.2, 0) is 6.42 Å². The summed E-state index contributed by atoms with van der Waals surface area (Å²) in [5, 5.41) is 18.2. The highest BCUT2D eigenvalue weighted by molar-refractivity contribution is 7.09. The Morgan fingerprint density at radius 1 is 1.52 bits per heavy atom. The number of aromatic nitrogens is 3. The number of hydrogen-bond donors (Lipinski definition) is 2. The zero-order chi connectivity index (χ0) is 16.4. The lowest BCUT2D eigenvalue weighted by atomic mass is 9.95. The molecular weight excluding hydrogens is 316 g/mol. The van der Waals surface area contributed by atoms with Crippen LogP contribution in [0.3, 0.4) is 0 Å². The summed E-state index contributed by atoms with van der Waals surface area (Å²) in [6.07, 6.45) is 2.89. The Balaban J connectivity index is 1.65. The maximum absolute atomic E-state index is 12.5. The molecule has 1 aliphatic rings. The Kier molecular flexibility index (Phi) is 4.42. The predicted octanol–water partition coefficient (Wildman–Crippen LogP) is 1.97. The van der Waals surface area contributed by atoms with E-state index in [2.05, 4.69) is 15.2 Å². The SMILES string of the molecule is Cc1csc(CC2CCCN(C(=O)c3cc(C(=O)O)[nH]n3)C2)n1. The Morgan fingerprint density at radius 3 is 3.00 bits per heavy atom. The van der Waals surface area contributed by atoms with Crippen LogP contribution >= 0.6 is 11.3 Å². The average Bonchev–Trinajstić information content (AvgIpc) is 3.16. The molecular formula is C15H18N4O3S. The number of likely N-dealkylation sites (tertiary alicyclic amines) is 1. The van der Waals surface area contributed by atoms with Crippen molar-refractivity contribution in [3.63, 3.8) is 0 Å². The number of thiazole rings is 1. The lowest BCUT2D eigenvalue weighted by Crippen LogP contribution is -2.40. The van der Waals surface area contributed by atoms with Crippen molar-refractivity contribution in [1.82, 2.24) is 20.1 Å². The molecule has 122 valence electrons. The average molecular weight is 334 g/mol. The summed E-state index contributed by atoms with van der Waals surface area (Å²) >= 11 is 1.66. The molecule has 0 saturated carbocycles. The van der Waals surface area contributed by atoms with Crippen LogP contribution in [0.2, 0.25) is 0 Å². The zero-order valence-electron chi connectivity index (χ0n) is 12.8.